The fraction of sp³-hybridized carbons (Fsp3) is 0.476. The van der Waals surface area contributed by atoms with Crippen molar-refractivity contribution in [3.8, 4) is 0 Å². The number of hydrogen-bond donors (Lipinski definition) is 1. The highest BCUT2D eigenvalue weighted by Crippen LogP contribution is 2.30. The van der Waals surface area contributed by atoms with E-state index in [-0.39, 0.29) is 0 Å². The minimum atomic E-state index is 0.471. The molecular formula is C21H26BrN5S. The molecule has 1 aromatic carbocycles. The standard InChI is InChI=1S/C21H26BrN5S/c22-20-24-17-18(23)25-21(28-13-7-12-15-8-3-1-4-9-15)26-19(17)27(20)14-16-10-5-2-6-11-16/h1,3-4,8-9,16H,2,5-7,10-14H2,(H2,23,25,26). The molecule has 7 heteroatoms. The second-order valence-electron chi connectivity index (χ2n) is 7.50. The van der Waals surface area contributed by atoms with Crippen LogP contribution in [0.2, 0.25) is 0 Å². The lowest BCUT2D eigenvalue weighted by molar-refractivity contribution is 0.319. The summed E-state index contributed by atoms with van der Waals surface area (Å²) >= 11 is 5.28. The average molecular weight is 460 g/mol. The third-order valence-corrected chi connectivity index (χ3v) is 6.94. The first-order valence-electron chi connectivity index (χ1n) is 10.1. The number of hydrogen-bond acceptors (Lipinski definition) is 5. The first kappa shape index (κ1) is 19.7. The number of fused-ring (bicyclic) bond motifs is 1. The second kappa shape index (κ2) is 9.27. The van der Waals surface area contributed by atoms with E-state index in [2.05, 4.69) is 60.8 Å². The summed E-state index contributed by atoms with van der Waals surface area (Å²) in [5.74, 6) is 2.14. The van der Waals surface area contributed by atoms with Crippen LogP contribution in [0.15, 0.2) is 40.2 Å². The third kappa shape index (κ3) is 4.69. The topological polar surface area (TPSA) is 69.6 Å². The fourth-order valence-electron chi connectivity index (χ4n) is 3.91. The minimum Gasteiger partial charge on any atom is -0.382 e. The zero-order chi connectivity index (χ0) is 19.3. The van der Waals surface area contributed by atoms with Gasteiger partial charge in [-0.3, -0.25) is 0 Å². The molecule has 0 unspecified atom stereocenters. The monoisotopic (exact) mass is 459 g/mol. The number of halogens is 1. The Hall–Kier alpha value is -1.60. The molecule has 1 aliphatic carbocycles. The summed E-state index contributed by atoms with van der Waals surface area (Å²) in [5, 5.41) is 0.746. The van der Waals surface area contributed by atoms with Crippen LogP contribution < -0.4 is 5.73 Å². The Morgan fingerprint density at radius 1 is 1.07 bits per heavy atom. The van der Waals surface area contributed by atoms with Gasteiger partial charge in [-0.05, 0) is 53.1 Å². The summed E-state index contributed by atoms with van der Waals surface area (Å²) in [4.78, 5) is 13.9. The molecule has 2 aromatic heterocycles. The van der Waals surface area contributed by atoms with Crippen LogP contribution in [0, 0.1) is 5.92 Å². The Balaban J connectivity index is 1.45. The number of imidazole rings is 1. The van der Waals surface area contributed by atoms with Crippen LogP contribution in [0.5, 0.6) is 0 Å². The molecule has 2 heterocycles. The second-order valence-corrected chi connectivity index (χ2v) is 9.27. The zero-order valence-electron chi connectivity index (χ0n) is 16.0. The fourth-order valence-corrected chi connectivity index (χ4v) is 5.19. The van der Waals surface area contributed by atoms with Crippen molar-refractivity contribution in [1.29, 1.82) is 0 Å². The maximum absolute atomic E-state index is 6.21. The van der Waals surface area contributed by atoms with Gasteiger partial charge >= 0.3 is 0 Å². The lowest BCUT2D eigenvalue weighted by Gasteiger charge is -2.22. The number of benzene rings is 1. The Labute approximate surface area is 178 Å². The van der Waals surface area contributed by atoms with Crippen LogP contribution in [0.3, 0.4) is 0 Å². The summed E-state index contributed by atoms with van der Waals surface area (Å²) < 4.78 is 2.98. The summed E-state index contributed by atoms with van der Waals surface area (Å²) in [6.07, 6.45) is 8.74. The molecule has 0 saturated heterocycles. The number of thioether (sulfide) groups is 1. The van der Waals surface area contributed by atoms with E-state index in [1.807, 2.05) is 0 Å². The maximum atomic E-state index is 6.21. The Kier molecular flexibility index (Phi) is 6.52. The van der Waals surface area contributed by atoms with E-state index in [0.717, 1.165) is 40.7 Å². The summed E-state index contributed by atoms with van der Waals surface area (Å²) in [6, 6.07) is 10.6. The van der Waals surface area contributed by atoms with Crippen molar-refractivity contribution in [2.75, 3.05) is 11.5 Å². The van der Waals surface area contributed by atoms with Gasteiger partial charge in [-0.15, -0.1) is 0 Å². The predicted molar refractivity (Wildman–Crippen MR) is 119 cm³/mol. The zero-order valence-corrected chi connectivity index (χ0v) is 18.4. The van der Waals surface area contributed by atoms with Crippen molar-refractivity contribution in [1.82, 2.24) is 19.5 Å². The number of nitrogen functional groups attached to an aromatic ring is 1. The van der Waals surface area contributed by atoms with Crippen LogP contribution in [0.4, 0.5) is 5.82 Å². The third-order valence-electron chi connectivity index (χ3n) is 5.40. The highest BCUT2D eigenvalue weighted by atomic mass is 79.9. The molecule has 1 saturated carbocycles. The van der Waals surface area contributed by atoms with Gasteiger partial charge in [0.25, 0.3) is 0 Å². The van der Waals surface area contributed by atoms with Crippen molar-refractivity contribution < 1.29 is 0 Å². The van der Waals surface area contributed by atoms with E-state index in [1.165, 1.54) is 37.7 Å². The van der Waals surface area contributed by atoms with Crippen LogP contribution in [0.25, 0.3) is 11.2 Å². The maximum Gasteiger partial charge on any atom is 0.191 e. The average Bonchev–Trinajstić information content (AvgIpc) is 3.03. The van der Waals surface area contributed by atoms with E-state index in [4.69, 9.17) is 10.7 Å². The summed E-state index contributed by atoms with van der Waals surface area (Å²) in [6.45, 7) is 0.950. The first-order valence-corrected chi connectivity index (χ1v) is 11.8. The number of rotatable bonds is 7. The van der Waals surface area contributed by atoms with Gasteiger partial charge in [-0.1, -0.05) is 61.4 Å². The van der Waals surface area contributed by atoms with Crippen LogP contribution in [-0.2, 0) is 13.0 Å². The molecular weight excluding hydrogens is 434 g/mol. The summed E-state index contributed by atoms with van der Waals surface area (Å²) in [7, 11) is 0. The van der Waals surface area contributed by atoms with Gasteiger partial charge in [0.15, 0.2) is 26.9 Å². The van der Waals surface area contributed by atoms with Crippen molar-refractivity contribution in [2.45, 2.75) is 56.6 Å². The van der Waals surface area contributed by atoms with Gasteiger partial charge < -0.3 is 10.3 Å². The molecule has 4 rings (SSSR count). The molecule has 0 atom stereocenters. The lowest BCUT2D eigenvalue weighted by atomic mass is 9.89. The highest BCUT2D eigenvalue weighted by Gasteiger charge is 2.20. The molecule has 1 fully saturated rings. The summed E-state index contributed by atoms with van der Waals surface area (Å²) in [5.41, 5.74) is 9.14. The molecule has 0 bridgehead atoms. The Morgan fingerprint density at radius 3 is 2.64 bits per heavy atom. The number of aromatic nitrogens is 4. The molecule has 2 N–H and O–H groups in total. The van der Waals surface area contributed by atoms with Crippen LogP contribution >= 0.6 is 27.7 Å². The SMILES string of the molecule is Nc1nc(SCCCc2ccccc2)nc2c1nc(Br)n2CC1CCCCC1. The smallest absolute Gasteiger partial charge is 0.191 e. The van der Waals surface area contributed by atoms with Crippen molar-refractivity contribution >= 4 is 44.7 Å². The molecule has 3 aromatic rings. The van der Waals surface area contributed by atoms with Crippen LogP contribution in [0.1, 0.15) is 44.1 Å². The molecule has 0 amide bonds. The van der Waals surface area contributed by atoms with Crippen molar-refractivity contribution in [3.05, 3.63) is 40.6 Å². The van der Waals surface area contributed by atoms with E-state index in [9.17, 15) is 0 Å². The van der Waals surface area contributed by atoms with E-state index < -0.39 is 0 Å². The molecule has 0 aliphatic heterocycles. The van der Waals surface area contributed by atoms with E-state index in [1.54, 1.807) is 11.8 Å². The van der Waals surface area contributed by atoms with Gasteiger partial charge in [0.2, 0.25) is 0 Å². The number of nitrogens with two attached hydrogens (primary N) is 1. The Bertz CT molecular complexity index is 921. The Morgan fingerprint density at radius 2 is 1.86 bits per heavy atom. The van der Waals surface area contributed by atoms with Gasteiger partial charge in [-0.25, -0.2) is 15.0 Å². The van der Waals surface area contributed by atoms with Gasteiger partial charge in [0.1, 0.15) is 0 Å². The van der Waals surface area contributed by atoms with Gasteiger partial charge in [0.05, 0.1) is 0 Å². The van der Waals surface area contributed by atoms with E-state index in [0.29, 0.717) is 17.3 Å². The predicted octanol–water partition coefficient (Wildman–Crippen LogP) is 5.48. The van der Waals surface area contributed by atoms with Gasteiger partial charge in [-0.2, -0.15) is 0 Å². The van der Waals surface area contributed by atoms with E-state index >= 15 is 0 Å². The number of anilines is 1. The van der Waals surface area contributed by atoms with Crippen LogP contribution in [-0.4, -0.2) is 25.3 Å². The van der Waals surface area contributed by atoms with Crippen molar-refractivity contribution in [3.63, 3.8) is 0 Å². The molecule has 148 valence electrons. The molecule has 0 radical (unpaired) electrons. The quantitative estimate of drug-likeness (QED) is 0.219. The van der Waals surface area contributed by atoms with Gasteiger partial charge in [0, 0.05) is 12.3 Å². The minimum absolute atomic E-state index is 0.471. The molecule has 1 aliphatic rings. The largest absolute Gasteiger partial charge is 0.382 e. The highest BCUT2D eigenvalue weighted by molar-refractivity contribution is 9.10. The molecule has 28 heavy (non-hydrogen) atoms. The number of aryl methyl sites for hydroxylation is 1. The number of nitrogens with zero attached hydrogens (tertiary/aromatic N) is 4. The lowest BCUT2D eigenvalue weighted by Crippen LogP contribution is -2.15. The first-order chi connectivity index (χ1) is 13.7. The molecule has 5 nitrogen and oxygen atoms in total. The van der Waals surface area contributed by atoms with Crippen molar-refractivity contribution in [2.24, 2.45) is 5.92 Å². The molecule has 0 spiro atoms. The normalized spacial score (nSPS) is 15.3.